The van der Waals surface area contributed by atoms with Crippen LogP contribution in [-0.2, 0) is 7.05 Å². The Morgan fingerprint density at radius 1 is 1.44 bits per heavy atom. The normalized spacial score (nSPS) is 15.0. The highest BCUT2D eigenvalue weighted by Crippen LogP contribution is 2.21. The second kappa shape index (κ2) is 4.09. The van der Waals surface area contributed by atoms with Gasteiger partial charge in [-0.25, -0.2) is 4.98 Å². The molecule has 86 valence electrons. The molecule has 2 atom stereocenters. The van der Waals surface area contributed by atoms with Gasteiger partial charge in [-0.05, 0) is 13.8 Å². The number of nitrogens with two attached hydrogens (primary N) is 1. The third kappa shape index (κ3) is 1.86. The zero-order valence-electron chi connectivity index (χ0n) is 9.83. The quantitative estimate of drug-likeness (QED) is 0.833. The van der Waals surface area contributed by atoms with E-state index in [2.05, 4.69) is 14.6 Å². The van der Waals surface area contributed by atoms with Gasteiger partial charge in [0.25, 0.3) is 0 Å². The fraction of sp³-hybridized carbons (Fsp3) is 0.455. The minimum absolute atomic E-state index is 0.0112. The summed E-state index contributed by atoms with van der Waals surface area (Å²) in [4.78, 5) is 4.23. The Balaban J connectivity index is 2.42. The van der Waals surface area contributed by atoms with Crippen molar-refractivity contribution in [2.24, 2.45) is 12.8 Å². The molecule has 0 saturated heterocycles. The number of aromatic nitrogens is 4. The first-order valence-corrected chi connectivity index (χ1v) is 5.33. The molecule has 0 aromatic carbocycles. The summed E-state index contributed by atoms with van der Waals surface area (Å²) in [7, 11) is 1.91. The lowest BCUT2D eigenvalue weighted by Crippen LogP contribution is -2.30. The SMILES string of the molecule is Cc1nccn1C(c1cnn(C)c1)C(C)N. The molecule has 2 rings (SSSR count). The van der Waals surface area contributed by atoms with Gasteiger partial charge in [0, 0.05) is 37.2 Å². The molecule has 0 spiro atoms. The van der Waals surface area contributed by atoms with Crippen molar-refractivity contribution in [2.75, 3.05) is 0 Å². The van der Waals surface area contributed by atoms with E-state index >= 15 is 0 Å². The van der Waals surface area contributed by atoms with Crippen molar-refractivity contribution in [3.63, 3.8) is 0 Å². The average Bonchev–Trinajstić information content (AvgIpc) is 2.78. The molecule has 5 heteroatoms. The van der Waals surface area contributed by atoms with Crippen LogP contribution in [0.15, 0.2) is 24.8 Å². The molecule has 0 bridgehead atoms. The monoisotopic (exact) mass is 219 g/mol. The number of rotatable bonds is 3. The maximum absolute atomic E-state index is 6.05. The molecule has 0 aliphatic carbocycles. The van der Waals surface area contributed by atoms with Crippen LogP contribution in [0.4, 0.5) is 0 Å². The second-order valence-corrected chi connectivity index (χ2v) is 4.13. The van der Waals surface area contributed by atoms with E-state index in [1.165, 1.54) is 0 Å². The molecular formula is C11H17N5. The summed E-state index contributed by atoms with van der Waals surface area (Å²) in [5, 5.41) is 4.19. The smallest absolute Gasteiger partial charge is 0.106 e. The van der Waals surface area contributed by atoms with Gasteiger partial charge in [0.2, 0.25) is 0 Å². The molecule has 5 nitrogen and oxygen atoms in total. The van der Waals surface area contributed by atoms with Crippen LogP contribution in [0.2, 0.25) is 0 Å². The summed E-state index contributed by atoms with van der Waals surface area (Å²) in [6, 6.07) is 0.105. The number of hydrogen-bond donors (Lipinski definition) is 1. The van der Waals surface area contributed by atoms with Crippen molar-refractivity contribution < 1.29 is 0 Å². The molecule has 0 aliphatic heterocycles. The lowest BCUT2D eigenvalue weighted by atomic mass is 10.0. The first kappa shape index (κ1) is 10.9. The maximum atomic E-state index is 6.05. The van der Waals surface area contributed by atoms with Crippen LogP contribution in [-0.4, -0.2) is 25.4 Å². The zero-order valence-corrected chi connectivity index (χ0v) is 9.83. The van der Waals surface area contributed by atoms with Crippen molar-refractivity contribution in [3.05, 3.63) is 36.2 Å². The fourth-order valence-electron chi connectivity index (χ4n) is 1.99. The van der Waals surface area contributed by atoms with Gasteiger partial charge in [-0.1, -0.05) is 0 Å². The van der Waals surface area contributed by atoms with E-state index in [9.17, 15) is 0 Å². The van der Waals surface area contributed by atoms with Crippen molar-refractivity contribution in [3.8, 4) is 0 Å². The first-order valence-electron chi connectivity index (χ1n) is 5.33. The van der Waals surface area contributed by atoms with Crippen LogP contribution < -0.4 is 5.73 Å². The summed E-state index contributed by atoms with van der Waals surface area (Å²) >= 11 is 0. The lowest BCUT2D eigenvalue weighted by Gasteiger charge is -2.22. The van der Waals surface area contributed by atoms with Gasteiger partial charge in [0.05, 0.1) is 12.2 Å². The summed E-state index contributed by atoms with van der Waals surface area (Å²) in [5.74, 6) is 0.964. The van der Waals surface area contributed by atoms with E-state index in [1.807, 2.05) is 39.5 Å². The Hall–Kier alpha value is -1.62. The molecular weight excluding hydrogens is 202 g/mol. The van der Waals surface area contributed by atoms with E-state index in [0.717, 1.165) is 11.4 Å². The van der Waals surface area contributed by atoms with Crippen LogP contribution >= 0.6 is 0 Å². The van der Waals surface area contributed by atoms with Crippen molar-refractivity contribution in [1.82, 2.24) is 19.3 Å². The Morgan fingerprint density at radius 3 is 2.62 bits per heavy atom. The topological polar surface area (TPSA) is 61.7 Å². The molecule has 0 aliphatic rings. The van der Waals surface area contributed by atoms with Crippen molar-refractivity contribution in [2.45, 2.75) is 25.9 Å². The Morgan fingerprint density at radius 2 is 2.19 bits per heavy atom. The summed E-state index contributed by atoms with van der Waals surface area (Å²) in [6.07, 6.45) is 7.60. The van der Waals surface area contributed by atoms with Crippen molar-refractivity contribution in [1.29, 1.82) is 0 Å². The van der Waals surface area contributed by atoms with Gasteiger partial charge in [0.15, 0.2) is 0 Å². The Bertz CT molecular complexity index is 468. The van der Waals surface area contributed by atoms with E-state index in [-0.39, 0.29) is 12.1 Å². The van der Waals surface area contributed by atoms with Crippen LogP contribution in [0.3, 0.4) is 0 Å². The van der Waals surface area contributed by atoms with Crippen LogP contribution in [0, 0.1) is 6.92 Å². The van der Waals surface area contributed by atoms with Crippen LogP contribution in [0.5, 0.6) is 0 Å². The second-order valence-electron chi connectivity index (χ2n) is 4.13. The number of imidazole rings is 1. The minimum Gasteiger partial charge on any atom is -0.326 e. The molecule has 2 aromatic heterocycles. The van der Waals surface area contributed by atoms with Gasteiger partial charge in [-0.15, -0.1) is 0 Å². The summed E-state index contributed by atoms with van der Waals surface area (Å²) < 4.78 is 3.87. The van der Waals surface area contributed by atoms with Crippen LogP contribution in [0.1, 0.15) is 24.4 Å². The van der Waals surface area contributed by atoms with Gasteiger partial charge in [0.1, 0.15) is 5.82 Å². The molecule has 0 radical (unpaired) electrons. The number of nitrogens with zero attached hydrogens (tertiary/aromatic N) is 4. The van der Waals surface area contributed by atoms with Gasteiger partial charge in [-0.3, -0.25) is 4.68 Å². The summed E-state index contributed by atoms with van der Waals surface area (Å²) in [5.41, 5.74) is 7.16. The highest BCUT2D eigenvalue weighted by molar-refractivity contribution is 5.16. The third-order valence-electron chi connectivity index (χ3n) is 2.73. The lowest BCUT2D eigenvalue weighted by molar-refractivity contribution is 0.486. The van der Waals surface area contributed by atoms with Gasteiger partial charge in [-0.2, -0.15) is 5.10 Å². The number of hydrogen-bond acceptors (Lipinski definition) is 3. The first-order chi connectivity index (χ1) is 7.59. The predicted molar refractivity (Wildman–Crippen MR) is 62.0 cm³/mol. The van der Waals surface area contributed by atoms with Crippen LogP contribution in [0.25, 0.3) is 0 Å². The molecule has 2 N–H and O–H groups in total. The highest BCUT2D eigenvalue weighted by atomic mass is 15.2. The fourth-order valence-corrected chi connectivity index (χ4v) is 1.99. The Kier molecular flexibility index (Phi) is 2.78. The third-order valence-corrected chi connectivity index (χ3v) is 2.73. The van der Waals surface area contributed by atoms with E-state index in [4.69, 9.17) is 5.73 Å². The van der Waals surface area contributed by atoms with E-state index < -0.39 is 0 Å². The Labute approximate surface area is 94.9 Å². The number of aryl methyl sites for hydroxylation is 2. The molecule has 2 heterocycles. The molecule has 0 saturated carbocycles. The largest absolute Gasteiger partial charge is 0.326 e. The molecule has 2 unspecified atom stereocenters. The highest BCUT2D eigenvalue weighted by Gasteiger charge is 2.20. The predicted octanol–water partition coefficient (Wildman–Crippen LogP) is 0.862. The van der Waals surface area contributed by atoms with Gasteiger partial charge >= 0.3 is 0 Å². The van der Waals surface area contributed by atoms with Crippen molar-refractivity contribution >= 4 is 0 Å². The maximum Gasteiger partial charge on any atom is 0.106 e. The average molecular weight is 219 g/mol. The zero-order chi connectivity index (χ0) is 11.7. The summed E-state index contributed by atoms with van der Waals surface area (Å²) in [6.45, 7) is 3.98. The molecule has 0 amide bonds. The standard InChI is InChI=1S/C11H17N5/c1-8(12)11(10-6-14-15(3)7-10)16-5-4-13-9(16)2/h4-8,11H,12H2,1-3H3. The molecule has 2 aromatic rings. The van der Waals surface area contributed by atoms with Gasteiger partial charge < -0.3 is 10.3 Å². The van der Waals surface area contributed by atoms with E-state index in [1.54, 1.807) is 10.9 Å². The molecule has 16 heavy (non-hydrogen) atoms. The van der Waals surface area contributed by atoms with E-state index in [0.29, 0.717) is 0 Å². The minimum atomic E-state index is 0.0112. The molecule has 0 fully saturated rings.